The number of carbonyl (C=O) groups is 1. The number of nitro benzene ring substituents is 1. The number of benzene rings is 2. The normalized spacial score (nSPS) is 15.5. The molecule has 0 saturated heterocycles. The maximum absolute atomic E-state index is 12.9. The summed E-state index contributed by atoms with van der Waals surface area (Å²) in [5.41, 5.74) is 0.316. The molecule has 1 aliphatic rings. The van der Waals surface area contributed by atoms with Crippen LogP contribution in [0.1, 0.15) is 24.2 Å². The zero-order chi connectivity index (χ0) is 16.6. The van der Waals surface area contributed by atoms with Crippen LogP contribution >= 0.6 is 0 Å². The lowest BCUT2D eigenvalue weighted by Crippen LogP contribution is -2.49. The summed E-state index contributed by atoms with van der Waals surface area (Å²) in [4.78, 5) is 24.9. The van der Waals surface area contributed by atoms with E-state index in [-0.39, 0.29) is 17.2 Å². The molecule has 2 aromatic carbocycles. The van der Waals surface area contributed by atoms with Gasteiger partial charge in [0.05, 0.1) is 17.2 Å². The summed E-state index contributed by atoms with van der Waals surface area (Å²) in [6.45, 7) is 4.17. The molecule has 2 aromatic rings. The number of non-ortho nitro benzene ring substituents is 1. The van der Waals surface area contributed by atoms with E-state index in [0.29, 0.717) is 18.0 Å². The Hall–Kier alpha value is -2.89. The van der Waals surface area contributed by atoms with Crippen LogP contribution in [0.5, 0.6) is 5.75 Å². The number of anilines is 1. The van der Waals surface area contributed by atoms with Crippen LogP contribution in [0.25, 0.3) is 0 Å². The Balaban J connectivity index is 2.02. The van der Waals surface area contributed by atoms with Gasteiger partial charge in [0.25, 0.3) is 11.6 Å². The first-order chi connectivity index (χ1) is 10.9. The predicted molar refractivity (Wildman–Crippen MR) is 85.9 cm³/mol. The van der Waals surface area contributed by atoms with Gasteiger partial charge in [-0.3, -0.25) is 14.9 Å². The fourth-order valence-electron chi connectivity index (χ4n) is 2.65. The highest BCUT2D eigenvalue weighted by molar-refractivity contribution is 6.07. The Morgan fingerprint density at radius 3 is 2.70 bits per heavy atom. The summed E-state index contributed by atoms with van der Waals surface area (Å²) in [5.74, 6) is 0.347. The van der Waals surface area contributed by atoms with Crippen molar-refractivity contribution in [3.63, 3.8) is 0 Å². The molecule has 0 unspecified atom stereocenters. The van der Waals surface area contributed by atoms with Crippen molar-refractivity contribution in [3.8, 4) is 5.75 Å². The molecule has 1 aliphatic heterocycles. The number of fused-ring (bicyclic) bond motifs is 1. The molecule has 1 amide bonds. The van der Waals surface area contributed by atoms with Crippen LogP contribution < -0.4 is 9.64 Å². The van der Waals surface area contributed by atoms with Crippen LogP contribution in [-0.4, -0.2) is 23.0 Å². The van der Waals surface area contributed by atoms with E-state index in [1.54, 1.807) is 17.0 Å². The Kier molecular flexibility index (Phi) is 3.52. The van der Waals surface area contributed by atoms with Gasteiger partial charge in [-0.05, 0) is 32.0 Å². The average Bonchev–Trinajstić information content (AvgIpc) is 2.52. The molecule has 0 atom stereocenters. The van der Waals surface area contributed by atoms with Crippen molar-refractivity contribution < 1.29 is 14.5 Å². The number of rotatable bonds is 2. The highest BCUT2D eigenvalue weighted by Crippen LogP contribution is 2.37. The number of hydrogen-bond acceptors (Lipinski definition) is 4. The zero-order valence-electron chi connectivity index (χ0n) is 12.9. The summed E-state index contributed by atoms with van der Waals surface area (Å²) in [7, 11) is 0. The standard InChI is InChI=1S/C17H16N2O4/c1-17(2)11-18(14-8-3-4-9-15(14)23-17)16(20)12-6-5-7-13(10-12)19(21)22/h3-10H,11H2,1-2H3. The van der Waals surface area contributed by atoms with Crippen LogP contribution in [0.3, 0.4) is 0 Å². The van der Waals surface area contributed by atoms with Crippen LogP contribution in [0, 0.1) is 10.1 Å². The van der Waals surface area contributed by atoms with Gasteiger partial charge in [-0.25, -0.2) is 0 Å². The molecular weight excluding hydrogens is 296 g/mol. The van der Waals surface area contributed by atoms with E-state index in [1.807, 2.05) is 32.0 Å². The minimum Gasteiger partial charge on any atom is -0.484 e. The summed E-state index contributed by atoms with van der Waals surface area (Å²) in [6, 6.07) is 13.1. The molecular formula is C17H16N2O4. The highest BCUT2D eigenvalue weighted by atomic mass is 16.6. The van der Waals surface area contributed by atoms with E-state index in [9.17, 15) is 14.9 Å². The monoisotopic (exact) mass is 312 g/mol. The maximum atomic E-state index is 12.9. The maximum Gasteiger partial charge on any atom is 0.270 e. The van der Waals surface area contributed by atoms with Gasteiger partial charge in [-0.15, -0.1) is 0 Å². The summed E-state index contributed by atoms with van der Waals surface area (Å²) in [5, 5.41) is 10.9. The van der Waals surface area contributed by atoms with Gasteiger partial charge in [0.15, 0.2) is 0 Å². The van der Waals surface area contributed by atoms with E-state index in [0.717, 1.165) is 0 Å². The third-order valence-electron chi connectivity index (χ3n) is 3.63. The number of amides is 1. The Bertz CT molecular complexity index is 786. The van der Waals surface area contributed by atoms with Crippen molar-refractivity contribution in [2.24, 2.45) is 0 Å². The molecule has 118 valence electrons. The minimum atomic E-state index is -0.537. The molecule has 0 saturated carbocycles. The van der Waals surface area contributed by atoms with E-state index >= 15 is 0 Å². The average molecular weight is 312 g/mol. The van der Waals surface area contributed by atoms with Crippen molar-refractivity contribution in [3.05, 3.63) is 64.2 Å². The fraction of sp³-hybridized carbons (Fsp3) is 0.235. The molecule has 23 heavy (non-hydrogen) atoms. The number of ether oxygens (including phenoxy) is 1. The number of para-hydroxylation sites is 2. The van der Waals surface area contributed by atoms with E-state index in [1.165, 1.54) is 18.2 Å². The smallest absolute Gasteiger partial charge is 0.270 e. The lowest BCUT2D eigenvalue weighted by Gasteiger charge is -2.39. The molecule has 6 nitrogen and oxygen atoms in total. The second kappa shape index (κ2) is 5.39. The van der Waals surface area contributed by atoms with Crippen molar-refractivity contribution >= 4 is 17.3 Å². The first-order valence-corrected chi connectivity index (χ1v) is 7.22. The largest absolute Gasteiger partial charge is 0.484 e. The highest BCUT2D eigenvalue weighted by Gasteiger charge is 2.35. The third kappa shape index (κ3) is 2.88. The summed E-state index contributed by atoms with van der Waals surface area (Å²) < 4.78 is 5.90. The topological polar surface area (TPSA) is 72.7 Å². The third-order valence-corrected chi connectivity index (χ3v) is 3.63. The number of nitrogens with zero attached hydrogens (tertiary/aromatic N) is 2. The van der Waals surface area contributed by atoms with Gasteiger partial charge in [0.1, 0.15) is 11.4 Å². The molecule has 0 radical (unpaired) electrons. The first kappa shape index (κ1) is 15.0. The van der Waals surface area contributed by atoms with Crippen molar-refractivity contribution in [1.82, 2.24) is 0 Å². The molecule has 3 rings (SSSR count). The molecule has 0 fully saturated rings. The molecule has 0 aliphatic carbocycles. The first-order valence-electron chi connectivity index (χ1n) is 7.22. The van der Waals surface area contributed by atoms with Gasteiger partial charge in [-0.2, -0.15) is 0 Å². The van der Waals surface area contributed by atoms with Crippen LogP contribution in [-0.2, 0) is 0 Å². The Morgan fingerprint density at radius 2 is 1.96 bits per heavy atom. The quantitative estimate of drug-likeness (QED) is 0.629. The molecule has 0 bridgehead atoms. The van der Waals surface area contributed by atoms with Crippen molar-refractivity contribution in [2.45, 2.75) is 19.4 Å². The van der Waals surface area contributed by atoms with Crippen molar-refractivity contribution in [1.29, 1.82) is 0 Å². The number of carbonyl (C=O) groups excluding carboxylic acids is 1. The van der Waals surface area contributed by atoms with E-state index in [4.69, 9.17) is 4.74 Å². The van der Waals surface area contributed by atoms with Gasteiger partial charge in [0, 0.05) is 17.7 Å². The lowest BCUT2D eigenvalue weighted by molar-refractivity contribution is -0.384. The molecule has 0 N–H and O–H groups in total. The van der Waals surface area contributed by atoms with Crippen LogP contribution in [0.2, 0.25) is 0 Å². The van der Waals surface area contributed by atoms with E-state index < -0.39 is 10.5 Å². The van der Waals surface area contributed by atoms with Gasteiger partial charge < -0.3 is 9.64 Å². The van der Waals surface area contributed by atoms with E-state index in [2.05, 4.69) is 0 Å². The number of hydrogen-bond donors (Lipinski definition) is 0. The van der Waals surface area contributed by atoms with Gasteiger partial charge >= 0.3 is 0 Å². The SMILES string of the molecule is CC1(C)CN(C(=O)c2cccc([N+](=O)[O-])c2)c2ccccc2O1. The molecule has 1 heterocycles. The van der Waals surface area contributed by atoms with Crippen LogP contribution in [0.4, 0.5) is 11.4 Å². The zero-order valence-corrected chi connectivity index (χ0v) is 12.9. The molecule has 0 spiro atoms. The van der Waals surface area contributed by atoms with Crippen molar-refractivity contribution in [2.75, 3.05) is 11.4 Å². The molecule has 6 heteroatoms. The molecule has 0 aromatic heterocycles. The Labute approximate surface area is 133 Å². The van der Waals surface area contributed by atoms with Crippen LogP contribution in [0.15, 0.2) is 48.5 Å². The lowest BCUT2D eigenvalue weighted by atomic mass is 10.0. The predicted octanol–water partition coefficient (Wildman–Crippen LogP) is 3.41. The van der Waals surface area contributed by atoms with Gasteiger partial charge in [-0.1, -0.05) is 18.2 Å². The Morgan fingerprint density at radius 1 is 1.22 bits per heavy atom. The second-order valence-electron chi connectivity index (χ2n) is 6.03. The summed E-state index contributed by atoms with van der Waals surface area (Å²) >= 11 is 0. The minimum absolute atomic E-state index is 0.100. The number of nitro groups is 1. The van der Waals surface area contributed by atoms with Gasteiger partial charge in [0.2, 0.25) is 0 Å². The second-order valence-corrected chi connectivity index (χ2v) is 6.03. The fourth-order valence-corrected chi connectivity index (χ4v) is 2.65. The summed E-state index contributed by atoms with van der Waals surface area (Å²) in [6.07, 6.45) is 0.